The summed E-state index contributed by atoms with van der Waals surface area (Å²) in [6.45, 7) is 3.87. The molecule has 0 amide bonds. The van der Waals surface area contributed by atoms with E-state index in [2.05, 4.69) is 20.7 Å². The fourth-order valence-electron chi connectivity index (χ4n) is 2.49. The second kappa shape index (κ2) is 5.49. The van der Waals surface area contributed by atoms with Gasteiger partial charge in [0.15, 0.2) is 0 Å². The zero-order valence-electron chi connectivity index (χ0n) is 12.0. The first-order chi connectivity index (χ1) is 9.59. The van der Waals surface area contributed by atoms with Gasteiger partial charge in [0.05, 0.1) is 16.7 Å². The summed E-state index contributed by atoms with van der Waals surface area (Å²) in [5.41, 5.74) is 4.94. The fraction of sp³-hybridized carbons (Fsp3) is 0.538. The van der Waals surface area contributed by atoms with Crippen LogP contribution in [-0.4, -0.2) is 27.7 Å². The number of hydrogen-bond donors (Lipinski definition) is 2. The van der Waals surface area contributed by atoms with Gasteiger partial charge in [0, 0.05) is 23.0 Å². The maximum atomic E-state index is 13.3. The van der Waals surface area contributed by atoms with Gasteiger partial charge >= 0.3 is 0 Å². The highest BCUT2D eigenvalue weighted by atomic mass is 79.9. The van der Waals surface area contributed by atoms with E-state index in [9.17, 15) is 12.8 Å². The first kappa shape index (κ1) is 16.7. The number of methoxy groups -OCH3 is 1. The Labute approximate surface area is 132 Å². The van der Waals surface area contributed by atoms with Crippen LogP contribution in [0.1, 0.15) is 20.3 Å². The quantitative estimate of drug-likeness (QED) is 0.784. The van der Waals surface area contributed by atoms with Crippen molar-refractivity contribution in [1.82, 2.24) is 4.72 Å². The Bertz CT molecular complexity index is 664. The molecule has 1 aromatic carbocycles. The van der Waals surface area contributed by atoms with Crippen molar-refractivity contribution >= 4 is 31.6 Å². The van der Waals surface area contributed by atoms with Gasteiger partial charge in [-0.25, -0.2) is 17.5 Å². The highest BCUT2D eigenvalue weighted by molar-refractivity contribution is 9.10. The van der Waals surface area contributed by atoms with Crippen molar-refractivity contribution in [2.75, 3.05) is 12.8 Å². The minimum absolute atomic E-state index is 0.00641. The van der Waals surface area contributed by atoms with Gasteiger partial charge in [0.2, 0.25) is 10.0 Å². The number of rotatable bonds is 4. The minimum Gasteiger partial charge on any atom is -0.396 e. The Morgan fingerprint density at radius 3 is 2.62 bits per heavy atom. The largest absolute Gasteiger partial charge is 0.396 e. The molecule has 2 rings (SSSR count). The molecule has 1 saturated carbocycles. The third-order valence-corrected chi connectivity index (χ3v) is 6.53. The third-order valence-electron chi connectivity index (χ3n) is 4.10. The highest BCUT2D eigenvalue weighted by Crippen LogP contribution is 2.43. The van der Waals surface area contributed by atoms with Crippen LogP contribution in [0.2, 0.25) is 0 Å². The number of nitrogen functional groups attached to an aromatic ring is 1. The number of ether oxygens (including phenoxy) is 1. The molecular formula is C13H18BrFN2O3S. The zero-order valence-corrected chi connectivity index (χ0v) is 14.4. The number of nitrogens with one attached hydrogen (secondary N) is 1. The van der Waals surface area contributed by atoms with Crippen LogP contribution in [0.3, 0.4) is 0 Å². The SMILES string of the molecule is COC1CC(NS(=O)(=O)c2cc(N)c(F)cc2Br)C1(C)C. The first-order valence-corrected chi connectivity index (χ1v) is 8.67. The molecule has 1 aliphatic carbocycles. The van der Waals surface area contributed by atoms with Crippen molar-refractivity contribution in [2.24, 2.45) is 5.41 Å². The lowest BCUT2D eigenvalue weighted by Gasteiger charge is -2.50. The van der Waals surface area contributed by atoms with Crippen molar-refractivity contribution in [2.45, 2.75) is 37.3 Å². The molecule has 5 nitrogen and oxygen atoms in total. The van der Waals surface area contributed by atoms with Crippen LogP contribution in [0.4, 0.5) is 10.1 Å². The van der Waals surface area contributed by atoms with E-state index in [0.717, 1.165) is 12.1 Å². The Kier molecular flexibility index (Phi) is 4.36. The monoisotopic (exact) mass is 380 g/mol. The number of benzene rings is 1. The topological polar surface area (TPSA) is 81.4 Å². The van der Waals surface area contributed by atoms with Gasteiger partial charge in [0.1, 0.15) is 5.82 Å². The van der Waals surface area contributed by atoms with Crippen LogP contribution in [-0.2, 0) is 14.8 Å². The molecule has 2 atom stereocenters. The van der Waals surface area contributed by atoms with Gasteiger partial charge in [0.25, 0.3) is 0 Å². The number of hydrogen-bond acceptors (Lipinski definition) is 4. The Balaban J connectivity index is 2.27. The van der Waals surface area contributed by atoms with Crippen molar-refractivity contribution in [1.29, 1.82) is 0 Å². The Morgan fingerprint density at radius 2 is 2.10 bits per heavy atom. The smallest absolute Gasteiger partial charge is 0.242 e. The van der Waals surface area contributed by atoms with Crippen LogP contribution >= 0.6 is 15.9 Å². The maximum Gasteiger partial charge on any atom is 0.242 e. The van der Waals surface area contributed by atoms with E-state index in [0.29, 0.717) is 6.42 Å². The van der Waals surface area contributed by atoms with Crippen molar-refractivity contribution in [3.8, 4) is 0 Å². The normalized spacial score (nSPS) is 24.6. The van der Waals surface area contributed by atoms with Crippen molar-refractivity contribution < 1.29 is 17.5 Å². The summed E-state index contributed by atoms with van der Waals surface area (Å²) in [6.07, 6.45) is 0.601. The Morgan fingerprint density at radius 1 is 1.48 bits per heavy atom. The molecule has 3 N–H and O–H groups in total. The lowest BCUT2D eigenvalue weighted by molar-refractivity contribution is -0.0908. The highest BCUT2D eigenvalue weighted by Gasteiger charge is 2.50. The average Bonchev–Trinajstić information content (AvgIpc) is 2.38. The van der Waals surface area contributed by atoms with E-state index in [1.54, 1.807) is 7.11 Å². The Hall–Kier alpha value is -0.700. The second-order valence-electron chi connectivity index (χ2n) is 5.76. The van der Waals surface area contributed by atoms with E-state index in [1.807, 2.05) is 13.8 Å². The summed E-state index contributed by atoms with van der Waals surface area (Å²) in [5, 5.41) is 0. The summed E-state index contributed by atoms with van der Waals surface area (Å²) >= 11 is 3.06. The lowest BCUT2D eigenvalue weighted by Crippen LogP contribution is -2.61. The summed E-state index contributed by atoms with van der Waals surface area (Å²) in [4.78, 5) is -0.0712. The zero-order chi connectivity index (χ0) is 16.0. The van der Waals surface area contributed by atoms with E-state index in [1.165, 1.54) is 0 Å². The number of anilines is 1. The molecule has 1 fully saturated rings. The van der Waals surface area contributed by atoms with Gasteiger partial charge in [-0.3, -0.25) is 0 Å². The number of nitrogens with two attached hydrogens (primary N) is 1. The fourth-order valence-corrected chi connectivity index (χ4v) is 4.94. The molecule has 118 valence electrons. The van der Waals surface area contributed by atoms with E-state index in [-0.39, 0.29) is 32.6 Å². The third kappa shape index (κ3) is 2.94. The van der Waals surface area contributed by atoms with Crippen molar-refractivity contribution in [3.63, 3.8) is 0 Å². The molecule has 0 spiro atoms. The summed E-state index contributed by atoms with van der Waals surface area (Å²) in [5.74, 6) is -0.663. The van der Waals surface area contributed by atoms with Crippen LogP contribution in [0.5, 0.6) is 0 Å². The van der Waals surface area contributed by atoms with Crippen LogP contribution in [0.15, 0.2) is 21.5 Å². The first-order valence-electron chi connectivity index (χ1n) is 6.39. The molecule has 0 heterocycles. The molecule has 21 heavy (non-hydrogen) atoms. The molecule has 0 saturated heterocycles. The molecule has 1 aromatic rings. The van der Waals surface area contributed by atoms with Crippen molar-refractivity contribution in [3.05, 3.63) is 22.4 Å². The summed E-state index contributed by atoms with van der Waals surface area (Å²) in [7, 11) is -2.19. The molecule has 0 radical (unpaired) electrons. The van der Waals surface area contributed by atoms with E-state index < -0.39 is 15.8 Å². The van der Waals surface area contributed by atoms with Gasteiger partial charge in [-0.1, -0.05) is 13.8 Å². The molecule has 0 aromatic heterocycles. The molecule has 0 aliphatic heterocycles. The van der Waals surface area contributed by atoms with Gasteiger partial charge < -0.3 is 10.5 Å². The molecule has 0 bridgehead atoms. The summed E-state index contributed by atoms with van der Waals surface area (Å²) < 4.78 is 46.3. The predicted octanol–water partition coefficient (Wildman–Crippen LogP) is 2.26. The molecular weight excluding hydrogens is 363 g/mol. The number of halogens is 2. The predicted molar refractivity (Wildman–Crippen MR) is 81.8 cm³/mol. The van der Waals surface area contributed by atoms with Crippen LogP contribution in [0.25, 0.3) is 0 Å². The lowest BCUT2D eigenvalue weighted by atomic mass is 9.65. The molecule has 2 unspecified atom stereocenters. The van der Waals surface area contributed by atoms with Gasteiger partial charge in [-0.2, -0.15) is 0 Å². The maximum absolute atomic E-state index is 13.3. The second-order valence-corrected chi connectivity index (χ2v) is 8.30. The molecule has 1 aliphatic rings. The van der Waals surface area contributed by atoms with E-state index in [4.69, 9.17) is 10.5 Å². The summed E-state index contributed by atoms with van der Waals surface area (Å²) in [6, 6.07) is 1.92. The standard InChI is InChI=1S/C13H18BrFN2O3S/c1-13(2)11(6-12(13)20-3)17-21(18,19)10-5-9(16)8(15)4-7(10)14/h4-5,11-12,17H,6,16H2,1-3H3. The minimum atomic E-state index is -3.79. The van der Waals surface area contributed by atoms with Crippen LogP contribution in [0, 0.1) is 11.2 Å². The molecule has 8 heteroatoms. The van der Waals surface area contributed by atoms with Crippen LogP contribution < -0.4 is 10.5 Å². The van der Waals surface area contributed by atoms with Gasteiger partial charge in [-0.05, 0) is 34.5 Å². The van der Waals surface area contributed by atoms with Gasteiger partial charge in [-0.15, -0.1) is 0 Å². The average molecular weight is 381 g/mol. The number of sulfonamides is 1. The van der Waals surface area contributed by atoms with E-state index >= 15 is 0 Å².